The first-order valence-corrected chi connectivity index (χ1v) is 5.35. The van der Waals surface area contributed by atoms with E-state index in [1.54, 1.807) is 0 Å². The minimum absolute atomic E-state index is 0.0547. The van der Waals surface area contributed by atoms with Gasteiger partial charge in [0, 0.05) is 26.4 Å². The van der Waals surface area contributed by atoms with Gasteiger partial charge in [0.15, 0.2) is 7.37 Å². The largest absolute Gasteiger partial charge is 0.332 e. The van der Waals surface area contributed by atoms with E-state index in [2.05, 4.69) is 0 Å². The summed E-state index contributed by atoms with van der Waals surface area (Å²) in [4.78, 5) is 10.4. The highest BCUT2D eigenvalue weighted by molar-refractivity contribution is 7.58. The van der Waals surface area contributed by atoms with Gasteiger partial charge in [0.2, 0.25) is 0 Å². The van der Waals surface area contributed by atoms with E-state index in [0.29, 0.717) is 12.6 Å². The van der Waals surface area contributed by atoms with E-state index in [-0.39, 0.29) is 5.78 Å². The smallest absolute Gasteiger partial charge is 0.200 e. The maximum atomic E-state index is 11.1. The molecular weight excluding hydrogens is 151 g/mol. The first kappa shape index (κ1) is 9.86. The molecule has 0 saturated carbocycles. The maximum Gasteiger partial charge on any atom is 0.200 e. The molecule has 3 nitrogen and oxygen atoms in total. The van der Waals surface area contributed by atoms with Crippen LogP contribution in [0.4, 0.5) is 0 Å². The normalized spacial score (nSPS) is 16.3. The van der Waals surface area contributed by atoms with Gasteiger partial charge in [-0.25, -0.2) is 0 Å². The summed E-state index contributed by atoms with van der Waals surface area (Å²) in [5.74, 6) is 0.0547. The second kappa shape index (κ2) is 3.89. The van der Waals surface area contributed by atoms with Gasteiger partial charge in [-0.3, -0.25) is 4.57 Å². The quantitative estimate of drug-likeness (QED) is 0.591. The van der Waals surface area contributed by atoms with E-state index in [4.69, 9.17) is 4.52 Å². The summed E-state index contributed by atoms with van der Waals surface area (Å²) >= 11 is 0. The van der Waals surface area contributed by atoms with Gasteiger partial charge in [-0.05, 0) is 6.92 Å². The molecule has 0 N–H and O–H groups in total. The molecule has 0 aromatic carbocycles. The van der Waals surface area contributed by atoms with Crippen molar-refractivity contribution in [2.45, 2.75) is 13.3 Å². The minimum Gasteiger partial charge on any atom is -0.332 e. The van der Waals surface area contributed by atoms with Crippen LogP contribution in [0.5, 0.6) is 0 Å². The van der Waals surface area contributed by atoms with Crippen LogP contribution in [0, 0.1) is 0 Å². The summed E-state index contributed by atoms with van der Waals surface area (Å²) < 4.78 is 15.8. The van der Waals surface area contributed by atoms with E-state index in [1.165, 1.54) is 20.7 Å². The molecule has 0 rings (SSSR count). The zero-order valence-electron chi connectivity index (χ0n) is 6.59. The Labute approximate surface area is 61.2 Å². The molecule has 0 aliphatic carbocycles. The highest BCUT2D eigenvalue weighted by atomic mass is 31.2. The van der Waals surface area contributed by atoms with E-state index >= 15 is 0 Å². The fraction of sp³-hybridized carbons (Fsp3) is 0.833. The lowest BCUT2D eigenvalue weighted by molar-refractivity contribution is -0.116. The summed E-state index contributed by atoms with van der Waals surface area (Å²) in [6, 6.07) is 0. The third-order valence-electron chi connectivity index (χ3n) is 1.26. The van der Waals surface area contributed by atoms with Crippen LogP contribution in [0.1, 0.15) is 13.3 Å². The zero-order valence-corrected chi connectivity index (χ0v) is 7.48. The first-order valence-electron chi connectivity index (χ1n) is 3.09. The number of carbonyl (C=O) groups excluding carboxylic acids is 1. The predicted octanol–water partition coefficient (Wildman–Crippen LogP) is 1.52. The Morgan fingerprint density at radius 2 is 2.10 bits per heavy atom. The molecule has 0 aromatic heterocycles. The molecule has 60 valence electrons. The summed E-state index contributed by atoms with van der Waals surface area (Å²) in [6.07, 6.45) is 0.709. The monoisotopic (exact) mass is 164 g/mol. The molecule has 4 heteroatoms. The van der Waals surface area contributed by atoms with E-state index in [1.807, 2.05) is 0 Å². The molecule has 0 aliphatic heterocycles. The van der Waals surface area contributed by atoms with Crippen molar-refractivity contribution in [3.8, 4) is 0 Å². The molecule has 0 aromatic rings. The summed E-state index contributed by atoms with van der Waals surface area (Å²) in [6.45, 7) is 3.02. The van der Waals surface area contributed by atoms with Crippen LogP contribution in [0.25, 0.3) is 0 Å². The minimum atomic E-state index is -2.45. The Bertz CT molecular complexity index is 164. The van der Waals surface area contributed by atoms with Gasteiger partial charge in [-0.15, -0.1) is 0 Å². The number of ketones is 1. The van der Waals surface area contributed by atoms with Crippen LogP contribution in [0.15, 0.2) is 0 Å². The molecule has 0 heterocycles. The highest BCUT2D eigenvalue weighted by Gasteiger charge is 2.13. The molecule has 0 radical (unpaired) electrons. The Balaban J connectivity index is 3.68. The third kappa shape index (κ3) is 4.71. The Morgan fingerprint density at radius 3 is 2.40 bits per heavy atom. The Kier molecular flexibility index (Phi) is 3.84. The topological polar surface area (TPSA) is 43.4 Å². The van der Waals surface area contributed by atoms with Crippen LogP contribution in [0.3, 0.4) is 0 Å². The van der Waals surface area contributed by atoms with Crippen molar-refractivity contribution < 1.29 is 13.9 Å². The van der Waals surface area contributed by atoms with Gasteiger partial charge in [-0.2, -0.15) is 0 Å². The molecule has 0 amide bonds. The van der Waals surface area contributed by atoms with Gasteiger partial charge < -0.3 is 9.32 Å². The van der Waals surface area contributed by atoms with E-state index < -0.39 is 7.37 Å². The molecule has 1 atom stereocenters. The molecule has 0 saturated heterocycles. The molecule has 10 heavy (non-hydrogen) atoms. The third-order valence-corrected chi connectivity index (χ3v) is 3.06. The fourth-order valence-corrected chi connectivity index (χ4v) is 1.36. The van der Waals surface area contributed by atoms with Crippen molar-refractivity contribution in [3.05, 3.63) is 0 Å². The number of carbonyl (C=O) groups is 1. The molecule has 0 aliphatic rings. The lowest BCUT2D eigenvalue weighted by Crippen LogP contribution is -1.97. The Hall–Kier alpha value is -0.140. The number of rotatable bonds is 4. The average Bonchev–Trinajstić information content (AvgIpc) is 1.85. The molecule has 1 unspecified atom stereocenters. The average molecular weight is 164 g/mol. The number of hydrogen-bond donors (Lipinski definition) is 0. The van der Waals surface area contributed by atoms with Crippen LogP contribution in [-0.2, 0) is 13.9 Å². The molecule has 0 fully saturated rings. The summed E-state index contributed by atoms with van der Waals surface area (Å²) in [5, 5.41) is 0. The van der Waals surface area contributed by atoms with Gasteiger partial charge in [0.25, 0.3) is 0 Å². The van der Waals surface area contributed by atoms with Gasteiger partial charge >= 0.3 is 0 Å². The van der Waals surface area contributed by atoms with Crippen molar-refractivity contribution in [1.82, 2.24) is 0 Å². The summed E-state index contributed by atoms with van der Waals surface area (Å²) in [5.41, 5.74) is 0. The van der Waals surface area contributed by atoms with Crippen molar-refractivity contribution in [2.24, 2.45) is 0 Å². The fourth-order valence-electron chi connectivity index (χ4n) is 0.452. The van der Waals surface area contributed by atoms with E-state index in [0.717, 1.165) is 0 Å². The van der Waals surface area contributed by atoms with Crippen molar-refractivity contribution in [3.63, 3.8) is 0 Å². The second-order valence-electron chi connectivity index (χ2n) is 2.37. The SMILES string of the molecule is COP(C)(=O)CCC(C)=O. The number of hydrogen-bond acceptors (Lipinski definition) is 3. The first-order chi connectivity index (χ1) is 4.48. The van der Waals surface area contributed by atoms with Crippen LogP contribution >= 0.6 is 7.37 Å². The van der Waals surface area contributed by atoms with Gasteiger partial charge in [0.05, 0.1) is 0 Å². The lowest BCUT2D eigenvalue weighted by atomic mass is 10.4. The second-order valence-corrected chi connectivity index (χ2v) is 5.21. The van der Waals surface area contributed by atoms with Crippen LogP contribution in [-0.4, -0.2) is 25.7 Å². The van der Waals surface area contributed by atoms with Crippen molar-refractivity contribution in [1.29, 1.82) is 0 Å². The van der Waals surface area contributed by atoms with Crippen molar-refractivity contribution in [2.75, 3.05) is 19.9 Å². The standard InChI is InChI=1S/C6H13O3P/c1-6(7)4-5-10(3,8)9-2/h4-5H2,1-3H3. The van der Waals surface area contributed by atoms with Gasteiger partial charge in [0.1, 0.15) is 5.78 Å². The summed E-state index contributed by atoms with van der Waals surface area (Å²) in [7, 11) is -1.04. The predicted molar refractivity (Wildman–Crippen MR) is 40.7 cm³/mol. The Morgan fingerprint density at radius 1 is 1.60 bits per heavy atom. The highest BCUT2D eigenvalue weighted by Crippen LogP contribution is 2.41. The molecular formula is C6H13O3P. The van der Waals surface area contributed by atoms with Crippen LogP contribution < -0.4 is 0 Å². The number of Topliss-reactive ketones (excluding diaryl/α,β-unsaturated/α-hetero) is 1. The molecule has 0 spiro atoms. The van der Waals surface area contributed by atoms with E-state index in [9.17, 15) is 9.36 Å². The van der Waals surface area contributed by atoms with Crippen molar-refractivity contribution >= 4 is 13.2 Å². The zero-order chi connectivity index (χ0) is 8.20. The molecule has 0 bridgehead atoms. The maximum absolute atomic E-state index is 11.1. The van der Waals surface area contributed by atoms with Crippen LogP contribution in [0.2, 0.25) is 0 Å². The lowest BCUT2D eigenvalue weighted by Gasteiger charge is -2.07. The van der Waals surface area contributed by atoms with Gasteiger partial charge in [-0.1, -0.05) is 0 Å².